The summed E-state index contributed by atoms with van der Waals surface area (Å²) in [6.07, 6.45) is 7.01. The normalized spacial score (nSPS) is 22.5. The number of nitrogen functional groups attached to an aromatic ring is 1. The first-order valence-electron chi connectivity index (χ1n) is 7.85. The zero-order valence-electron chi connectivity index (χ0n) is 12.3. The van der Waals surface area contributed by atoms with Gasteiger partial charge in [0.1, 0.15) is 5.69 Å². The van der Waals surface area contributed by atoms with E-state index in [2.05, 4.69) is 9.97 Å². The van der Waals surface area contributed by atoms with Gasteiger partial charge in [-0.25, -0.2) is 9.97 Å². The maximum absolute atomic E-state index is 12.8. The van der Waals surface area contributed by atoms with Gasteiger partial charge < -0.3 is 16.4 Å². The fourth-order valence-corrected chi connectivity index (χ4v) is 3.30. The fourth-order valence-electron chi connectivity index (χ4n) is 3.30. The Morgan fingerprint density at radius 1 is 1.14 bits per heavy atom. The number of anilines is 1. The largest absolute Gasteiger partial charge is 0.368 e. The predicted octanol–water partition coefficient (Wildman–Crippen LogP) is 0.891. The van der Waals surface area contributed by atoms with Crippen LogP contribution in [0.4, 0.5) is 5.95 Å². The third-order valence-corrected chi connectivity index (χ3v) is 4.40. The highest BCUT2D eigenvalue weighted by molar-refractivity contribution is 5.94. The van der Waals surface area contributed by atoms with E-state index >= 15 is 0 Å². The second kappa shape index (κ2) is 5.97. The summed E-state index contributed by atoms with van der Waals surface area (Å²) in [5, 5.41) is 0. The molecular weight excluding hydrogens is 266 g/mol. The van der Waals surface area contributed by atoms with E-state index in [1.54, 1.807) is 0 Å². The topological polar surface area (TPSA) is 98.1 Å². The Morgan fingerprint density at radius 2 is 1.95 bits per heavy atom. The molecule has 1 amide bonds. The Kier molecular flexibility index (Phi) is 4.05. The molecule has 0 spiro atoms. The number of hydrogen-bond donors (Lipinski definition) is 2. The number of aryl methyl sites for hydroxylation is 1. The van der Waals surface area contributed by atoms with Gasteiger partial charge in [0.05, 0.1) is 0 Å². The van der Waals surface area contributed by atoms with E-state index in [1.807, 2.05) is 4.90 Å². The van der Waals surface area contributed by atoms with Crippen molar-refractivity contribution in [2.45, 2.75) is 51.0 Å². The SMILES string of the molecule is Nc1nc2c(c(C(=O)N3CCCC[C@@H](N)C3)n1)CCCC2. The summed E-state index contributed by atoms with van der Waals surface area (Å²) in [6.45, 7) is 1.36. The van der Waals surface area contributed by atoms with Crippen LogP contribution in [-0.2, 0) is 12.8 Å². The Balaban J connectivity index is 1.91. The molecule has 2 aliphatic rings. The number of hydrogen-bond acceptors (Lipinski definition) is 5. The monoisotopic (exact) mass is 289 g/mol. The van der Waals surface area contributed by atoms with E-state index in [4.69, 9.17) is 11.5 Å². The minimum absolute atomic E-state index is 0.0281. The molecule has 114 valence electrons. The lowest BCUT2D eigenvalue weighted by atomic mass is 9.94. The van der Waals surface area contributed by atoms with E-state index in [9.17, 15) is 4.79 Å². The minimum atomic E-state index is -0.0281. The van der Waals surface area contributed by atoms with E-state index in [0.717, 1.165) is 62.7 Å². The Hall–Kier alpha value is -1.69. The molecule has 0 saturated carbocycles. The van der Waals surface area contributed by atoms with Crippen molar-refractivity contribution in [3.8, 4) is 0 Å². The molecule has 21 heavy (non-hydrogen) atoms. The van der Waals surface area contributed by atoms with Gasteiger partial charge in [-0.2, -0.15) is 0 Å². The van der Waals surface area contributed by atoms with Gasteiger partial charge in [0, 0.05) is 30.4 Å². The molecule has 0 radical (unpaired) electrons. The van der Waals surface area contributed by atoms with Gasteiger partial charge in [-0.05, 0) is 38.5 Å². The predicted molar refractivity (Wildman–Crippen MR) is 80.8 cm³/mol. The second-order valence-corrected chi connectivity index (χ2v) is 6.07. The van der Waals surface area contributed by atoms with Crippen LogP contribution in [0.5, 0.6) is 0 Å². The van der Waals surface area contributed by atoms with Gasteiger partial charge in [0.25, 0.3) is 5.91 Å². The van der Waals surface area contributed by atoms with Crippen LogP contribution in [0, 0.1) is 0 Å². The molecule has 1 aromatic heterocycles. The van der Waals surface area contributed by atoms with Crippen LogP contribution < -0.4 is 11.5 Å². The van der Waals surface area contributed by atoms with E-state index < -0.39 is 0 Å². The molecular formula is C15H23N5O. The molecule has 6 heteroatoms. The van der Waals surface area contributed by atoms with Gasteiger partial charge in [0.15, 0.2) is 0 Å². The molecule has 0 bridgehead atoms. The molecule has 1 atom stereocenters. The van der Waals surface area contributed by atoms with Crippen LogP contribution in [0.2, 0.25) is 0 Å². The number of nitrogens with two attached hydrogens (primary N) is 2. The highest BCUT2D eigenvalue weighted by atomic mass is 16.2. The average molecular weight is 289 g/mol. The fraction of sp³-hybridized carbons (Fsp3) is 0.667. The summed E-state index contributed by atoms with van der Waals surface area (Å²) >= 11 is 0. The summed E-state index contributed by atoms with van der Waals surface area (Å²) in [7, 11) is 0. The van der Waals surface area contributed by atoms with Crippen molar-refractivity contribution < 1.29 is 4.79 Å². The summed E-state index contributed by atoms with van der Waals surface area (Å²) in [5.41, 5.74) is 14.3. The first kappa shape index (κ1) is 14.3. The van der Waals surface area contributed by atoms with Gasteiger partial charge in [-0.1, -0.05) is 6.42 Å². The van der Waals surface area contributed by atoms with Crippen molar-refractivity contribution in [3.63, 3.8) is 0 Å². The Morgan fingerprint density at radius 3 is 2.81 bits per heavy atom. The molecule has 6 nitrogen and oxygen atoms in total. The van der Waals surface area contributed by atoms with Crippen molar-refractivity contribution >= 4 is 11.9 Å². The molecule has 1 aliphatic heterocycles. The first-order chi connectivity index (χ1) is 10.1. The quantitative estimate of drug-likeness (QED) is 0.800. The van der Waals surface area contributed by atoms with E-state index in [0.29, 0.717) is 12.2 Å². The average Bonchev–Trinajstić information content (AvgIpc) is 2.70. The summed E-state index contributed by atoms with van der Waals surface area (Å²) in [5.74, 6) is 0.178. The number of likely N-dealkylation sites (tertiary alicyclic amines) is 1. The molecule has 3 rings (SSSR count). The highest BCUT2D eigenvalue weighted by Gasteiger charge is 2.27. The van der Waals surface area contributed by atoms with Crippen molar-refractivity contribution in [2.24, 2.45) is 5.73 Å². The number of carbonyl (C=O) groups excluding carboxylic acids is 1. The number of amides is 1. The third-order valence-electron chi connectivity index (χ3n) is 4.40. The molecule has 1 aromatic rings. The van der Waals surface area contributed by atoms with E-state index in [1.165, 1.54) is 0 Å². The standard InChI is InChI=1S/C15H23N5O/c16-10-5-3-4-8-20(9-10)14(21)13-11-6-1-2-7-12(11)18-15(17)19-13/h10H,1-9,16H2,(H2,17,18,19)/t10-/m1/s1. The number of fused-ring (bicyclic) bond motifs is 1. The molecule has 1 fully saturated rings. The molecule has 0 aromatic carbocycles. The van der Waals surface area contributed by atoms with Gasteiger partial charge in [0.2, 0.25) is 5.95 Å². The molecule has 1 saturated heterocycles. The first-order valence-corrected chi connectivity index (χ1v) is 7.85. The molecule has 4 N–H and O–H groups in total. The molecule has 1 aliphatic carbocycles. The van der Waals surface area contributed by atoms with Gasteiger partial charge >= 0.3 is 0 Å². The van der Waals surface area contributed by atoms with Gasteiger partial charge in [-0.15, -0.1) is 0 Å². The van der Waals surface area contributed by atoms with Crippen LogP contribution in [-0.4, -0.2) is 39.9 Å². The molecule has 2 heterocycles. The maximum atomic E-state index is 12.8. The van der Waals surface area contributed by atoms with Crippen molar-refractivity contribution in [1.82, 2.24) is 14.9 Å². The van der Waals surface area contributed by atoms with Crippen LogP contribution >= 0.6 is 0 Å². The lowest BCUT2D eigenvalue weighted by molar-refractivity contribution is 0.0747. The number of nitrogens with zero attached hydrogens (tertiary/aromatic N) is 3. The highest BCUT2D eigenvalue weighted by Crippen LogP contribution is 2.24. The number of aromatic nitrogens is 2. The van der Waals surface area contributed by atoms with Crippen molar-refractivity contribution in [3.05, 3.63) is 17.0 Å². The van der Waals surface area contributed by atoms with Crippen LogP contribution in [0.25, 0.3) is 0 Å². The smallest absolute Gasteiger partial charge is 0.273 e. The minimum Gasteiger partial charge on any atom is -0.368 e. The van der Waals surface area contributed by atoms with Crippen LogP contribution in [0.1, 0.15) is 53.8 Å². The summed E-state index contributed by atoms with van der Waals surface area (Å²) in [4.78, 5) is 23.2. The van der Waals surface area contributed by atoms with Crippen LogP contribution in [0.3, 0.4) is 0 Å². The zero-order chi connectivity index (χ0) is 14.8. The van der Waals surface area contributed by atoms with E-state index in [-0.39, 0.29) is 17.9 Å². The van der Waals surface area contributed by atoms with Gasteiger partial charge in [-0.3, -0.25) is 4.79 Å². The molecule has 0 unspecified atom stereocenters. The summed E-state index contributed by atoms with van der Waals surface area (Å²) < 4.78 is 0. The summed E-state index contributed by atoms with van der Waals surface area (Å²) in [6, 6.07) is 0.0615. The maximum Gasteiger partial charge on any atom is 0.273 e. The number of carbonyl (C=O) groups is 1. The Bertz CT molecular complexity index is 545. The third kappa shape index (κ3) is 3.00. The van der Waals surface area contributed by atoms with Crippen molar-refractivity contribution in [2.75, 3.05) is 18.8 Å². The second-order valence-electron chi connectivity index (χ2n) is 6.07. The van der Waals surface area contributed by atoms with Crippen molar-refractivity contribution in [1.29, 1.82) is 0 Å². The Labute approximate surface area is 124 Å². The zero-order valence-corrected chi connectivity index (χ0v) is 12.3. The lowest BCUT2D eigenvalue weighted by Crippen LogP contribution is -2.40. The number of rotatable bonds is 1. The lowest BCUT2D eigenvalue weighted by Gasteiger charge is -2.25. The van der Waals surface area contributed by atoms with Crippen LogP contribution in [0.15, 0.2) is 0 Å².